The highest BCUT2D eigenvalue weighted by atomic mass is 32.2. The molecule has 0 aliphatic carbocycles. The van der Waals surface area contributed by atoms with Crippen molar-refractivity contribution < 1.29 is 4.79 Å². The highest BCUT2D eigenvalue weighted by Gasteiger charge is 2.15. The first kappa shape index (κ1) is 12.4. The van der Waals surface area contributed by atoms with Gasteiger partial charge in [-0.1, -0.05) is 31.0 Å². The fraction of sp³-hybridized carbons (Fsp3) is 0.727. The van der Waals surface area contributed by atoms with Crippen molar-refractivity contribution in [3.8, 4) is 0 Å². The van der Waals surface area contributed by atoms with Crippen LogP contribution in [0.5, 0.6) is 0 Å². The van der Waals surface area contributed by atoms with Crippen LogP contribution >= 0.6 is 11.8 Å². The Hall–Kier alpha value is -1.04. The third-order valence-corrected chi connectivity index (χ3v) is 3.83. The number of hydrogen-bond acceptors (Lipinski definition) is 4. The van der Waals surface area contributed by atoms with E-state index in [4.69, 9.17) is 0 Å². The number of aromatic amines is 1. The number of nitrogens with one attached hydrogen (secondary N) is 1. The van der Waals surface area contributed by atoms with Gasteiger partial charge in [-0.3, -0.25) is 4.79 Å². The van der Waals surface area contributed by atoms with E-state index >= 15 is 0 Å². The van der Waals surface area contributed by atoms with Gasteiger partial charge >= 0.3 is 0 Å². The van der Waals surface area contributed by atoms with Gasteiger partial charge in [0.1, 0.15) is 5.03 Å². The number of hydrogen-bond donors (Lipinski definition) is 1. The molecular formula is C11H18N4OS. The summed E-state index contributed by atoms with van der Waals surface area (Å²) < 4.78 is 0. The van der Waals surface area contributed by atoms with Crippen LogP contribution in [0.25, 0.3) is 0 Å². The van der Waals surface area contributed by atoms with Gasteiger partial charge in [-0.05, 0) is 12.8 Å². The monoisotopic (exact) mass is 254 g/mol. The van der Waals surface area contributed by atoms with Crippen LogP contribution in [-0.4, -0.2) is 45.1 Å². The van der Waals surface area contributed by atoms with Gasteiger partial charge < -0.3 is 4.90 Å². The van der Waals surface area contributed by atoms with Gasteiger partial charge in [0.2, 0.25) is 5.91 Å². The van der Waals surface area contributed by atoms with Crippen molar-refractivity contribution in [1.29, 1.82) is 0 Å². The molecule has 1 aromatic rings. The average Bonchev–Trinajstić information content (AvgIpc) is 2.78. The quantitative estimate of drug-likeness (QED) is 0.834. The summed E-state index contributed by atoms with van der Waals surface area (Å²) in [4.78, 5) is 14.0. The van der Waals surface area contributed by atoms with Crippen LogP contribution in [0.15, 0.2) is 11.2 Å². The van der Waals surface area contributed by atoms with Gasteiger partial charge in [0.25, 0.3) is 0 Å². The molecule has 0 radical (unpaired) electrons. The molecule has 0 atom stereocenters. The maximum Gasteiger partial charge on any atom is 0.232 e. The number of nitrogens with zero attached hydrogens (tertiary/aromatic N) is 3. The zero-order valence-corrected chi connectivity index (χ0v) is 10.7. The molecule has 5 nitrogen and oxygen atoms in total. The smallest absolute Gasteiger partial charge is 0.232 e. The molecular weight excluding hydrogens is 236 g/mol. The van der Waals surface area contributed by atoms with Crippen molar-refractivity contribution >= 4 is 17.7 Å². The van der Waals surface area contributed by atoms with E-state index in [1.54, 1.807) is 6.20 Å². The molecule has 1 aromatic heterocycles. The van der Waals surface area contributed by atoms with Crippen molar-refractivity contribution in [3.63, 3.8) is 0 Å². The van der Waals surface area contributed by atoms with E-state index in [1.807, 2.05) is 4.90 Å². The van der Waals surface area contributed by atoms with Crippen LogP contribution in [0.1, 0.15) is 32.1 Å². The normalized spacial score (nSPS) is 17.5. The van der Waals surface area contributed by atoms with E-state index in [0.717, 1.165) is 31.0 Å². The average molecular weight is 254 g/mol. The highest BCUT2D eigenvalue weighted by molar-refractivity contribution is 7.99. The van der Waals surface area contributed by atoms with Crippen LogP contribution in [0.4, 0.5) is 0 Å². The van der Waals surface area contributed by atoms with Crippen LogP contribution in [0.3, 0.4) is 0 Å². The molecule has 0 bridgehead atoms. The maximum atomic E-state index is 12.0. The topological polar surface area (TPSA) is 61.9 Å². The first-order valence-electron chi connectivity index (χ1n) is 6.12. The summed E-state index contributed by atoms with van der Waals surface area (Å²) in [5.74, 6) is 0.687. The van der Waals surface area contributed by atoms with E-state index in [-0.39, 0.29) is 5.91 Å². The molecule has 0 unspecified atom stereocenters. The summed E-state index contributed by atoms with van der Waals surface area (Å²) in [7, 11) is 0. The van der Waals surface area contributed by atoms with E-state index in [1.165, 1.54) is 31.0 Å². The molecule has 94 valence electrons. The number of rotatable bonds is 3. The zero-order valence-electron chi connectivity index (χ0n) is 9.89. The lowest BCUT2D eigenvalue weighted by Gasteiger charge is -2.24. The molecule has 0 spiro atoms. The molecule has 1 saturated heterocycles. The Balaban J connectivity index is 1.77. The Labute approximate surface area is 105 Å². The predicted octanol–water partition coefficient (Wildman–Crippen LogP) is 1.69. The van der Waals surface area contributed by atoms with Crippen LogP contribution in [-0.2, 0) is 4.79 Å². The van der Waals surface area contributed by atoms with Crippen molar-refractivity contribution in [1.82, 2.24) is 20.3 Å². The van der Waals surface area contributed by atoms with Crippen LogP contribution in [0.2, 0.25) is 0 Å². The third-order valence-electron chi connectivity index (χ3n) is 2.95. The first-order valence-corrected chi connectivity index (χ1v) is 7.11. The first-order chi connectivity index (χ1) is 8.36. The Morgan fingerprint density at radius 2 is 2.00 bits per heavy atom. The van der Waals surface area contributed by atoms with Gasteiger partial charge in [0.05, 0.1) is 11.9 Å². The molecule has 0 aromatic carbocycles. The largest absolute Gasteiger partial charge is 0.342 e. The number of thioether (sulfide) groups is 1. The molecule has 0 saturated carbocycles. The van der Waals surface area contributed by atoms with E-state index in [9.17, 15) is 4.79 Å². The second kappa shape index (κ2) is 6.64. The Kier molecular flexibility index (Phi) is 4.85. The summed E-state index contributed by atoms with van der Waals surface area (Å²) in [6.07, 6.45) is 7.74. The van der Waals surface area contributed by atoms with Gasteiger partial charge in [0.15, 0.2) is 0 Å². The summed E-state index contributed by atoms with van der Waals surface area (Å²) in [6, 6.07) is 0. The molecule has 1 amide bonds. The van der Waals surface area contributed by atoms with Gasteiger partial charge in [0, 0.05) is 13.1 Å². The lowest BCUT2D eigenvalue weighted by molar-refractivity contribution is -0.128. The number of aromatic nitrogens is 3. The summed E-state index contributed by atoms with van der Waals surface area (Å²) in [5, 5.41) is 11.0. The van der Waals surface area contributed by atoms with Crippen LogP contribution < -0.4 is 0 Å². The SMILES string of the molecule is O=C(CSc1cn[nH]n1)N1CCCCCCC1. The number of carbonyl (C=O) groups excluding carboxylic acids is 1. The van der Waals surface area contributed by atoms with Crippen molar-refractivity contribution in [2.24, 2.45) is 0 Å². The van der Waals surface area contributed by atoms with Crippen molar-refractivity contribution in [2.45, 2.75) is 37.1 Å². The molecule has 1 N–H and O–H groups in total. The summed E-state index contributed by atoms with van der Waals surface area (Å²) in [6.45, 7) is 1.83. The second-order valence-corrected chi connectivity index (χ2v) is 5.24. The van der Waals surface area contributed by atoms with Gasteiger partial charge in [-0.2, -0.15) is 10.3 Å². The Bertz CT molecular complexity index is 333. The molecule has 2 heterocycles. The van der Waals surface area contributed by atoms with E-state index in [2.05, 4.69) is 15.4 Å². The number of amides is 1. The molecule has 2 rings (SSSR count). The minimum absolute atomic E-state index is 0.222. The lowest BCUT2D eigenvalue weighted by Crippen LogP contribution is -2.35. The van der Waals surface area contributed by atoms with E-state index in [0.29, 0.717) is 5.75 Å². The molecule has 1 aliphatic heterocycles. The standard InChI is InChI=1S/C11H18N4OS/c16-11(9-17-10-8-12-14-13-10)15-6-4-2-1-3-5-7-15/h8H,1-7,9H2,(H,12,13,14). The van der Waals surface area contributed by atoms with E-state index < -0.39 is 0 Å². The van der Waals surface area contributed by atoms with Crippen molar-refractivity contribution in [3.05, 3.63) is 6.20 Å². The number of H-pyrrole nitrogens is 1. The van der Waals surface area contributed by atoms with Crippen molar-refractivity contribution in [2.75, 3.05) is 18.8 Å². The molecule has 6 heteroatoms. The third kappa shape index (κ3) is 4.03. The molecule has 17 heavy (non-hydrogen) atoms. The highest BCUT2D eigenvalue weighted by Crippen LogP contribution is 2.15. The predicted molar refractivity (Wildman–Crippen MR) is 66.8 cm³/mol. The maximum absolute atomic E-state index is 12.0. The van der Waals surface area contributed by atoms with Crippen LogP contribution in [0, 0.1) is 0 Å². The number of likely N-dealkylation sites (tertiary alicyclic amines) is 1. The molecule has 1 aliphatic rings. The number of carbonyl (C=O) groups is 1. The van der Waals surface area contributed by atoms with Gasteiger partial charge in [-0.15, -0.1) is 5.10 Å². The summed E-state index contributed by atoms with van der Waals surface area (Å²) in [5.41, 5.74) is 0. The fourth-order valence-corrected chi connectivity index (χ4v) is 2.67. The molecule has 1 fully saturated rings. The lowest BCUT2D eigenvalue weighted by atomic mass is 10.1. The minimum Gasteiger partial charge on any atom is -0.342 e. The fourth-order valence-electron chi connectivity index (χ4n) is 1.98. The minimum atomic E-state index is 0.222. The Morgan fingerprint density at radius 1 is 1.29 bits per heavy atom. The zero-order chi connectivity index (χ0) is 11.9. The Morgan fingerprint density at radius 3 is 2.65 bits per heavy atom. The second-order valence-electron chi connectivity index (χ2n) is 4.25. The summed E-state index contributed by atoms with van der Waals surface area (Å²) >= 11 is 1.44. The van der Waals surface area contributed by atoms with Gasteiger partial charge in [-0.25, -0.2) is 0 Å².